The second kappa shape index (κ2) is 7.11. The standard InChI is InChI=1S/C17H17N3O2S2/c1-11(21)18-13(14-8-5-9-23-14)10-16(22)20(2)17-19-12-6-3-4-7-15(12)24-17/h3-9,13H,10H2,1-2H3,(H,18,21). The Morgan fingerprint density at radius 2 is 2.04 bits per heavy atom. The maximum atomic E-state index is 12.7. The molecule has 2 aromatic heterocycles. The zero-order valence-corrected chi connectivity index (χ0v) is 15.0. The molecule has 0 saturated carbocycles. The lowest BCUT2D eigenvalue weighted by atomic mass is 10.1. The molecule has 1 N–H and O–H groups in total. The van der Waals surface area contributed by atoms with Gasteiger partial charge in [0.25, 0.3) is 0 Å². The van der Waals surface area contributed by atoms with Crippen LogP contribution in [-0.4, -0.2) is 23.8 Å². The van der Waals surface area contributed by atoms with Crippen LogP contribution in [0.3, 0.4) is 0 Å². The van der Waals surface area contributed by atoms with Crippen molar-refractivity contribution in [2.24, 2.45) is 0 Å². The molecule has 7 heteroatoms. The summed E-state index contributed by atoms with van der Waals surface area (Å²) in [5.74, 6) is -0.231. The summed E-state index contributed by atoms with van der Waals surface area (Å²) in [6, 6.07) is 11.3. The molecule has 1 unspecified atom stereocenters. The first-order chi connectivity index (χ1) is 11.5. The second-order valence-corrected chi connectivity index (χ2v) is 7.38. The highest BCUT2D eigenvalue weighted by Gasteiger charge is 2.22. The maximum Gasteiger partial charge on any atom is 0.230 e. The molecule has 5 nitrogen and oxygen atoms in total. The van der Waals surface area contributed by atoms with Gasteiger partial charge in [0, 0.05) is 18.8 Å². The van der Waals surface area contributed by atoms with Crippen LogP contribution < -0.4 is 10.2 Å². The summed E-state index contributed by atoms with van der Waals surface area (Å²) in [5.41, 5.74) is 0.883. The molecule has 0 fully saturated rings. The van der Waals surface area contributed by atoms with Gasteiger partial charge in [0.05, 0.1) is 22.7 Å². The smallest absolute Gasteiger partial charge is 0.230 e. The fraction of sp³-hybridized carbons (Fsp3) is 0.235. The molecule has 3 aromatic rings. The minimum atomic E-state index is -0.313. The minimum Gasteiger partial charge on any atom is -0.348 e. The van der Waals surface area contributed by atoms with Gasteiger partial charge in [-0.2, -0.15) is 0 Å². The van der Waals surface area contributed by atoms with E-state index in [2.05, 4.69) is 10.3 Å². The van der Waals surface area contributed by atoms with E-state index < -0.39 is 0 Å². The fourth-order valence-corrected chi connectivity index (χ4v) is 4.10. The van der Waals surface area contributed by atoms with Crippen molar-refractivity contribution in [3.05, 3.63) is 46.7 Å². The Hall–Kier alpha value is -2.25. The highest BCUT2D eigenvalue weighted by molar-refractivity contribution is 7.22. The Labute approximate surface area is 147 Å². The number of rotatable bonds is 5. The summed E-state index contributed by atoms with van der Waals surface area (Å²) in [4.78, 5) is 31.1. The number of nitrogens with zero attached hydrogens (tertiary/aromatic N) is 2. The van der Waals surface area contributed by atoms with Crippen LogP contribution in [0.1, 0.15) is 24.3 Å². The van der Waals surface area contributed by atoms with Crippen molar-refractivity contribution in [3.63, 3.8) is 0 Å². The van der Waals surface area contributed by atoms with Gasteiger partial charge >= 0.3 is 0 Å². The number of fused-ring (bicyclic) bond motifs is 1. The van der Waals surface area contributed by atoms with Crippen molar-refractivity contribution in [1.29, 1.82) is 0 Å². The van der Waals surface area contributed by atoms with E-state index in [0.29, 0.717) is 5.13 Å². The van der Waals surface area contributed by atoms with Gasteiger partial charge in [-0.3, -0.25) is 14.5 Å². The van der Waals surface area contributed by atoms with Crippen LogP contribution in [0.4, 0.5) is 5.13 Å². The average molecular weight is 359 g/mol. The van der Waals surface area contributed by atoms with Crippen LogP contribution >= 0.6 is 22.7 Å². The summed E-state index contributed by atoms with van der Waals surface area (Å²) >= 11 is 3.01. The first-order valence-corrected chi connectivity index (χ1v) is 9.17. The van der Waals surface area contributed by atoms with Crippen molar-refractivity contribution in [1.82, 2.24) is 10.3 Å². The number of thiophene rings is 1. The average Bonchev–Trinajstić information content (AvgIpc) is 3.22. The third kappa shape index (κ3) is 3.63. The van der Waals surface area contributed by atoms with E-state index in [4.69, 9.17) is 0 Å². The quantitative estimate of drug-likeness (QED) is 0.757. The van der Waals surface area contributed by atoms with Gasteiger partial charge in [-0.05, 0) is 23.6 Å². The molecule has 3 rings (SSSR count). The third-order valence-corrected chi connectivity index (χ3v) is 5.69. The maximum absolute atomic E-state index is 12.7. The van der Waals surface area contributed by atoms with Gasteiger partial charge in [0.2, 0.25) is 11.8 Å². The molecule has 0 radical (unpaired) electrons. The molecule has 2 amide bonds. The largest absolute Gasteiger partial charge is 0.348 e. The summed E-state index contributed by atoms with van der Waals surface area (Å²) in [7, 11) is 1.72. The Morgan fingerprint density at radius 1 is 1.25 bits per heavy atom. The second-order valence-electron chi connectivity index (χ2n) is 5.39. The third-order valence-electron chi connectivity index (χ3n) is 3.59. The summed E-state index contributed by atoms with van der Waals surface area (Å²) in [6.45, 7) is 1.46. The Kier molecular flexibility index (Phi) is 4.92. The van der Waals surface area contributed by atoms with Gasteiger partial charge in [-0.15, -0.1) is 11.3 Å². The minimum absolute atomic E-state index is 0.0822. The number of hydrogen-bond donors (Lipinski definition) is 1. The first kappa shape index (κ1) is 16.6. The number of carbonyl (C=O) groups excluding carboxylic acids is 2. The van der Waals surface area contributed by atoms with Crippen molar-refractivity contribution in [3.8, 4) is 0 Å². The normalized spacial score (nSPS) is 12.1. The molecular weight excluding hydrogens is 342 g/mol. The van der Waals surface area contributed by atoms with Gasteiger partial charge in [0.1, 0.15) is 0 Å². The first-order valence-electron chi connectivity index (χ1n) is 7.47. The topological polar surface area (TPSA) is 62.3 Å². The number of carbonyl (C=O) groups is 2. The van der Waals surface area contributed by atoms with Crippen LogP contribution in [0.5, 0.6) is 0 Å². The predicted octanol–water partition coefficient (Wildman–Crippen LogP) is 3.59. The molecule has 2 heterocycles. The van der Waals surface area contributed by atoms with E-state index in [0.717, 1.165) is 15.1 Å². The highest BCUT2D eigenvalue weighted by Crippen LogP contribution is 2.29. The Morgan fingerprint density at radius 3 is 2.71 bits per heavy atom. The molecule has 24 heavy (non-hydrogen) atoms. The molecule has 0 aliphatic rings. The van der Waals surface area contributed by atoms with Crippen molar-refractivity contribution in [2.75, 3.05) is 11.9 Å². The van der Waals surface area contributed by atoms with Gasteiger partial charge < -0.3 is 5.32 Å². The lowest BCUT2D eigenvalue weighted by molar-refractivity contribution is -0.121. The van der Waals surface area contributed by atoms with E-state index >= 15 is 0 Å². The van der Waals surface area contributed by atoms with Crippen LogP contribution in [0.2, 0.25) is 0 Å². The molecule has 0 spiro atoms. The molecular formula is C17H17N3O2S2. The summed E-state index contributed by atoms with van der Waals surface area (Å²) < 4.78 is 1.05. The number of hydrogen-bond acceptors (Lipinski definition) is 5. The number of aromatic nitrogens is 1. The van der Waals surface area contributed by atoms with Crippen molar-refractivity contribution < 1.29 is 9.59 Å². The molecule has 0 saturated heterocycles. The van der Waals surface area contributed by atoms with Crippen molar-refractivity contribution >= 4 is 49.8 Å². The number of amides is 2. The zero-order valence-electron chi connectivity index (χ0n) is 13.4. The van der Waals surface area contributed by atoms with Gasteiger partial charge in [0.15, 0.2) is 5.13 Å². The molecule has 1 aromatic carbocycles. The number of anilines is 1. The number of thiazole rings is 1. The molecule has 0 aliphatic heterocycles. The molecule has 0 bridgehead atoms. The highest BCUT2D eigenvalue weighted by atomic mass is 32.1. The Balaban J connectivity index is 1.77. The summed E-state index contributed by atoms with van der Waals surface area (Å²) in [5, 5.41) is 5.45. The SMILES string of the molecule is CC(=O)NC(CC(=O)N(C)c1nc2ccccc2s1)c1cccs1. The van der Waals surface area contributed by atoms with E-state index in [1.807, 2.05) is 41.8 Å². The van der Waals surface area contributed by atoms with E-state index in [1.165, 1.54) is 29.6 Å². The van der Waals surface area contributed by atoms with Crippen LogP contribution in [0.15, 0.2) is 41.8 Å². The predicted molar refractivity (Wildman–Crippen MR) is 98.5 cm³/mol. The van der Waals surface area contributed by atoms with E-state index in [-0.39, 0.29) is 24.3 Å². The van der Waals surface area contributed by atoms with E-state index in [9.17, 15) is 9.59 Å². The molecule has 124 valence electrons. The van der Waals surface area contributed by atoms with Crippen molar-refractivity contribution in [2.45, 2.75) is 19.4 Å². The molecule has 1 atom stereocenters. The lowest BCUT2D eigenvalue weighted by Gasteiger charge is -2.19. The summed E-state index contributed by atoms with van der Waals surface area (Å²) in [6.07, 6.45) is 0.201. The Bertz CT molecular complexity index is 825. The number of benzene rings is 1. The van der Waals surface area contributed by atoms with Gasteiger partial charge in [-0.1, -0.05) is 29.5 Å². The van der Waals surface area contributed by atoms with Gasteiger partial charge in [-0.25, -0.2) is 4.98 Å². The zero-order chi connectivity index (χ0) is 17.1. The van der Waals surface area contributed by atoms with Crippen LogP contribution in [0, 0.1) is 0 Å². The van der Waals surface area contributed by atoms with E-state index in [1.54, 1.807) is 11.9 Å². The lowest BCUT2D eigenvalue weighted by Crippen LogP contribution is -2.33. The van der Waals surface area contributed by atoms with Crippen LogP contribution in [0.25, 0.3) is 10.2 Å². The molecule has 0 aliphatic carbocycles. The monoisotopic (exact) mass is 359 g/mol. The van der Waals surface area contributed by atoms with Crippen LogP contribution in [-0.2, 0) is 9.59 Å². The number of para-hydroxylation sites is 1. The fourth-order valence-electron chi connectivity index (χ4n) is 2.38. The number of nitrogens with one attached hydrogen (secondary N) is 1.